The fourth-order valence-corrected chi connectivity index (χ4v) is 4.11. The molecule has 0 bridgehead atoms. The summed E-state index contributed by atoms with van der Waals surface area (Å²) in [5, 5.41) is 7.67. The number of benzene rings is 2. The molecule has 2 aromatic heterocycles. The third-order valence-corrected chi connectivity index (χ3v) is 5.88. The Morgan fingerprint density at radius 2 is 1.88 bits per heavy atom. The zero-order valence-corrected chi connectivity index (χ0v) is 19.6. The molecule has 34 heavy (non-hydrogen) atoms. The molecule has 1 saturated heterocycles. The Morgan fingerprint density at radius 3 is 2.56 bits per heavy atom. The van der Waals surface area contributed by atoms with Gasteiger partial charge in [-0.15, -0.1) is 0 Å². The van der Waals surface area contributed by atoms with Crippen LogP contribution in [0.5, 0.6) is 11.5 Å². The van der Waals surface area contributed by atoms with Crippen molar-refractivity contribution < 1.29 is 14.2 Å². The van der Waals surface area contributed by atoms with Gasteiger partial charge in [0.1, 0.15) is 11.5 Å². The molecule has 0 saturated carbocycles. The van der Waals surface area contributed by atoms with Crippen LogP contribution in [-0.4, -0.2) is 66.3 Å². The van der Waals surface area contributed by atoms with Gasteiger partial charge in [0.2, 0.25) is 0 Å². The number of morpholine rings is 1. The molecular weight excluding hydrogens is 432 g/mol. The molecule has 1 fully saturated rings. The first kappa shape index (κ1) is 22.1. The fourth-order valence-electron chi connectivity index (χ4n) is 4.11. The second-order valence-corrected chi connectivity index (χ2v) is 8.21. The second-order valence-electron chi connectivity index (χ2n) is 8.21. The van der Waals surface area contributed by atoms with E-state index in [1.54, 1.807) is 31.3 Å². The highest BCUT2D eigenvalue weighted by molar-refractivity contribution is 5.82. The third-order valence-electron chi connectivity index (χ3n) is 5.88. The van der Waals surface area contributed by atoms with Crippen molar-refractivity contribution in [3.63, 3.8) is 0 Å². The van der Waals surface area contributed by atoms with Crippen LogP contribution in [0.25, 0.3) is 22.3 Å². The molecule has 1 aliphatic rings. The largest absolute Gasteiger partial charge is 0.497 e. The van der Waals surface area contributed by atoms with Crippen LogP contribution >= 0.6 is 0 Å². The van der Waals surface area contributed by atoms with Crippen LogP contribution in [0.2, 0.25) is 0 Å². The van der Waals surface area contributed by atoms with Gasteiger partial charge >= 0.3 is 0 Å². The van der Waals surface area contributed by atoms with Gasteiger partial charge in [-0.2, -0.15) is 5.10 Å². The van der Waals surface area contributed by atoms with Gasteiger partial charge < -0.3 is 24.4 Å². The minimum atomic E-state index is 0.0365. The first-order valence-corrected chi connectivity index (χ1v) is 11.2. The normalized spacial score (nSPS) is 15.9. The average molecular weight is 461 g/mol. The molecule has 1 aliphatic heterocycles. The second kappa shape index (κ2) is 9.66. The van der Waals surface area contributed by atoms with Crippen molar-refractivity contribution in [1.82, 2.24) is 25.1 Å². The molecule has 2 aromatic carbocycles. The number of rotatable bonds is 7. The van der Waals surface area contributed by atoms with E-state index in [1.807, 2.05) is 37.5 Å². The number of ether oxygens (including phenoxy) is 3. The van der Waals surface area contributed by atoms with E-state index in [1.165, 1.54) is 0 Å². The Labute approximate surface area is 198 Å². The van der Waals surface area contributed by atoms with E-state index in [0.717, 1.165) is 58.3 Å². The first-order valence-electron chi connectivity index (χ1n) is 11.2. The van der Waals surface area contributed by atoms with Crippen LogP contribution in [0, 0.1) is 0 Å². The summed E-state index contributed by atoms with van der Waals surface area (Å²) in [5.74, 6) is 1.45. The molecule has 1 N–H and O–H groups in total. The summed E-state index contributed by atoms with van der Waals surface area (Å²) in [5.41, 5.74) is 5.28. The van der Waals surface area contributed by atoms with E-state index in [2.05, 4.69) is 32.4 Å². The Balaban J connectivity index is 1.57. The van der Waals surface area contributed by atoms with E-state index < -0.39 is 0 Å². The number of aromatic nitrogens is 4. The van der Waals surface area contributed by atoms with Crippen molar-refractivity contribution in [3.05, 3.63) is 55.0 Å². The van der Waals surface area contributed by atoms with Gasteiger partial charge in [0, 0.05) is 61.5 Å². The van der Waals surface area contributed by atoms with Crippen molar-refractivity contribution in [3.8, 4) is 22.8 Å². The van der Waals surface area contributed by atoms with Crippen molar-refractivity contribution in [2.45, 2.75) is 6.10 Å². The van der Waals surface area contributed by atoms with E-state index >= 15 is 0 Å². The molecule has 0 spiro atoms. The topological polar surface area (TPSA) is 86.6 Å². The zero-order chi connectivity index (χ0) is 23.5. The van der Waals surface area contributed by atoms with E-state index in [0.29, 0.717) is 13.2 Å². The van der Waals surface area contributed by atoms with Crippen molar-refractivity contribution in [1.29, 1.82) is 0 Å². The smallest absolute Gasteiger partial charge is 0.124 e. The monoisotopic (exact) mass is 460 g/mol. The summed E-state index contributed by atoms with van der Waals surface area (Å²) in [6.45, 7) is 3.00. The maximum Gasteiger partial charge on any atom is 0.124 e. The molecular formula is C25H28N6O3. The predicted octanol–water partition coefficient (Wildman–Crippen LogP) is 3.17. The van der Waals surface area contributed by atoms with Crippen LogP contribution in [0.4, 0.5) is 11.4 Å². The average Bonchev–Trinajstić information content (AvgIpc) is 3.33. The SMILES string of the molecule is COc1cc(OC)cc(N(CC2CNCCO2)c2ccc3ncc(-c4cnn(C)c4)nc3c2)c1. The van der Waals surface area contributed by atoms with Crippen LogP contribution < -0.4 is 19.7 Å². The summed E-state index contributed by atoms with van der Waals surface area (Å²) in [7, 11) is 5.20. The number of methoxy groups -OCH3 is 2. The number of anilines is 2. The highest BCUT2D eigenvalue weighted by atomic mass is 16.5. The summed E-state index contributed by atoms with van der Waals surface area (Å²) >= 11 is 0. The summed E-state index contributed by atoms with van der Waals surface area (Å²) < 4.78 is 18.8. The number of hydrogen-bond acceptors (Lipinski definition) is 8. The molecule has 1 unspecified atom stereocenters. The lowest BCUT2D eigenvalue weighted by atomic mass is 10.1. The van der Waals surface area contributed by atoms with Gasteiger partial charge in [0.05, 0.1) is 62.6 Å². The number of nitrogens with zero attached hydrogens (tertiary/aromatic N) is 5. The minimum Gasteiger partial charge on any atom is -0.497 e. The fraction of sp³-hybridized carbons (Fsp3) is 0.320. The molecule has 9 nitrogen and oxygen atoms in total. The molecule has 9 heteroatoms. The Bertz CT molecular complexity index is 1260. The van der Waals surface area contributed by atoms with E-state index in [4.69, 9.17) is 19.2 Å². The Hall–Kier alpha value is -3.69. The van der Waals surface area contributed by atoms with Crippen molar-refractivity contribution in [2.75, 3.05) is 45.4 Å². The standard InChI is InChI=1S/C25H28N6O3/c1-30-15-17(12-28-30)25-14-27-23-5-4-18(10-24(23)29-25)31(16-22-13-26-6-7-34-22)19-8-20(32-2)11-21(9-19)33-3/h4-5,8-12,14-15,22,26H,6-7,13,16H2,1-3H3. The minimum absolute atomic E-state index is 0.0365. The van der Waals surface area contributed by atoms with Gasteiger partial charge in [-0.25, -0.2) is 4.98 Å². The van der Waals surface area contributed by atoms with Gasteiger partial charge in [0.15, 0.2) is 0 Å². The first-order chi connectivity index (χ1) is 16.6. The maximum atomic E-state index is 6.03. The van der Waals surface area contributed by atoms with Crippen molar-refractivity contribution >= 4 is 22.4 Å². The Morgan fingerprint density at radius 1 is 1.06 bits per heavy atom. The van der Waals surface area contributed by atoms with E-state index in [-0.39, 0.29) is 6.10 Å². The highest BCUT2D eigenvalue weighted by Gasteiger charge is 2.21. The summed E-state index contributed by atoms with van der Waals surface area (Å²) in [4.78, 5) is 11.7. The third kappa shape index (κ3) is 4.66. The quantitative estimate of drug-likeness (QED) is 0.450. The van der Waals surface area contributed by atoms with Crippen LogP contribution in [-0.2, 0) is 11.8 Å². The van der Waals surface area contributed by atoms with Gasteiger partial charge in [-0.1, -0.05) is 0 Å². The van der Waals surface area contributed by atoms with Gasteiger partial charge in [-0.3, -0.25) is 9.67 Å². The van der Waals surface area contributed by atoms with Crippen LogP contribution in [0.15, 0.2) is 55.0 Å². The summed E-state index contributed by atoms with van der Waals surface area (Å²) in [6.07, 6.45) is 5.55. The van der Waals surface area contributed by atoms with Crippen molar-refractivity contribution in [2.24, 2.45) is 7.05 Å². The lowest BCUT2D eigenvalue weighted by Crippen LogP contribution is -2.44. The number of aryl methyl sites for hydroxylation is 1. The molecule has 3 heterocycles. The Kier molecular flexibility index (Phi) is 6.29. The molecule has 0 aliphatic carbocycles. The zero-order valence-electron chi connectivity index (χ0n) is 19.6. The lowest BCUT2D eigenvalue weighted by molar-refractivity contribution is 0.0346. The number of nitrogens with one attached hydrogen (secondary N) is 1. The highest BCUT2D eigenvalue weighted by Crippen LogP contribution is 2.34. The molecule has 1 atom stereocenters. The van der Waals surface area contributed by atoms with Crippen LogP contribution in [0.3, 0.4) is 0 Å². The molecule has 176 valence electrons. The lowest BCUT2D eigenvalue weighted by Gasteiger charge is -2.32. The van der Waals surface area contributed by atoms with Gasteiger partial charge in [-0.05, 0) is 18.2 Å². The number of hydrogen-bond donors (Lipinski definition) is 1. The van der Waals surface area contributed by atoms with Crippen LogP contribution in [0.1, 0.15) is 0 Å². The molecule has 4 aromatic rings. The molecule has 5 rings (SSSR count). The number of fused-ring (bicyclic) bond motifs is 1. The molecule has 0 amide bonds. The predicted molar refractivity (Wildman–Crippen MR) is 131 cm³/mol. The summed E-state index contributed by atoms with van der Waals surface area (Å²) in [6, 6.07) is 12.0. The molecule has 0 radical (unpaired) electrons. The van der Waals surface area contributed by atoms with Gasteiger partial charge in [0.25, 0.3) is 0 Å². The maximum absolute atomic E-state index is 6.03. The van der Waals surface area contributed by atoms with E-state index in [9.17, 15) is 0 Å².